The fourth-order valence-electron chi connectivity index (χ4n) is 1.75. The molecule has 0 N–H and O–H groups in total. The molecule has 0 bridgehead atoms. The van der Waals surface area contributed by atoms with Gasteiger partial charge in [0.1, 0.15) is 5.75 Å². The summed E-state index contributed by atoms with van der Waals surface area (Å²) in [6, 6.07) is 11.9. The van der Waals surface area contributed by atoms with E-state index in [0.717, 1.165) is 0 Å². The highest BCUT2D eigenvalue weighted by Crippen LogP contribution is 2.35. The number of ether oxygens (including phenoxy) is 1. The molecule has 0 aromatic heterocycles. The summed E-state index contributed by atoms with van der Waals surface area (Å²) in [5.74, 6) is -0.362. The Bertz CT molecular complexity index is 677. The Morgan fingerprint density at radius 3 is 2.40 bits per heavy atom. The molecule has 20 heavy (non-hydrogen) atoms. The van der Waals surface area contributed by atoms with Crippen molar-refractivity contribution in [3.8, 4) is 22.9 Å². The number of hydrogen-bond donors (Lipinski definition) is 0. The second-order valence-corrected chi connectivity index (χ2v) is 4.28. The first-order chi connectivity index (χ1) is 9.40. The molecule has 0 spiro atoms. The van der Waals surface area contributed by atoms with Crippen molar-refractivity contribution in [2.45, 2.75) is 6.36 Å². The van der Waals surface area contributed by atoms with Crippen molar-refractivity contribution >= 4 is 11.6 Å². The number of halogens is 4. The second-order valence-electron chi connectivity index (χ2n) is 3.85. The van der Waals surface area contributed by atoms with Crippen LogP contribution < -0.4 is 4.74 Å². The zero-order chi connectivity index (χ0) is 14.8. The van der Waals surface area contributed by atoms with Gasteiger partial charge in [-0.15, -0.1) is 13.2 Å². The minimum Gasteiger partial charge on any atom is -0.405 e. The normalized spacial score (nSPS) is 10.9. The fraction of sp³-hybridized carbons (Fsp3) is 0.0714. The molecule has 0 unspecified atom stereocenters. The number of alkyl halides is 3. The van der Waals surface area contributed by atoms with Crippen LogP contribution in [0.25, 0.3) is 11.1 Å². The third-order valence-corrected chi connectivity index (χ3v) is 2.74. The van der Waals surface area contributed by atoms with Crippen molar-refractivity contribution < 1.29 is 17.9 Å². The van der Waals surface area contributed by atoms with Gasteiger partial charge < -0.3 is 4.74 Å². The first kappa shape index (κ1) is 14.2. The van der Waals surface area contributed by atoms with Crippen molar-refractivity contribution in [2.24, 2.45) is 0 Å². The molecule has 0 heterocycles. The lowest BCUT2D eigenvalue weighted by Crippen LogP contribution is -2.17. The highest BCUT2D eigenvalue weighted by molar-refractivity contribution is 6.30. The highest BCUT2D eigenvalue weighted by Gasteiger charge is 2.32. The van der Waals surface area contributed by atoms with E-state index in [4.69, 9.17) is 16.9 Å². The van der Waals surface area contributed by atoms with Crippen LogP contribution in [0.2, 0.25) is 5.02 Å². The standard InChI is InChI=1S/C14H7ClF3NO/c15-10-5-6-11(9(7-10)8-19)12-3-1-2-4-13(12)20-14(16,17)18/h1-7H. The zero-order valence-electron chi connectivity index (χ0n) is 9.91. The zero-order valence-corrected chi connectivity index (χ0v) is 10.7. The number of nitrogens with zero attached hydrogens (tertiary/aromatic N) is 1. The van der Waals surface area contributed by atoms with Crippen LogP contribution in [0.4, 0.5) is 13.2 Å². The van der Waals surface area contributed by atoms with Crippen molar-refractivity contribution in [1.29, 1.82) is 5.26 Å². The van der Waals surface area contributed by atoms with Crippen LogP contribution in [0.15, 0.2) is 42.5 Å². The lowest BCUT2D eigenvalue weighted by atomic mass is 9.99. The smallest absolute Gasteiger partial charge is 0.405 e. The molecule has 0 fully saturated rings. The maximum Gasteiger partial charge on any atom is 0.573 e. The van der Waals surface area contributed by atoms with E-state index in [9.17, 15) is 13.2 Å². The van der Waals surface area contributed by atoms with Crippen LogP contribution in [0.1, 0.15) is 5.56 Å². The lowest BCUT2D eigenvalue weighted by Gasteiger charge is -2.14. The molecule has 0 radical (unpaired) electrons. The Kier molecular flexibility index (Phi) is 3.86. The molecule has 0 aliphatic carbocycles. The van der Waals surface area contributed by atoms with E-state index in [2.05, 4.69) is 4.74 Å². The first-order valence-electron chi connectivity index (χ1n) is 5.45. The molecule has 6 heteroatoms. The molecular formula is C14H7ClF3NO. The molecule has 0 atom stereocenters. The van der Waals surface area contributed by atoms with E-state index >= 15 is 0 Å². The average molecular weight is 298 g/mol. The van der Waals surface area contributed by atoms with Gasteiger partial charge in [0.2, 0.25) is 0 Å². The molecular weight excluding hydrogens is 291 g/mol. The molecule has 0 aliphatic heterocycles. The second kappa shape index (κ2) is 5.43. The number of para-hydroxylation sites is 1. The minimum atomic E-state index is -4.80. The van der Waals surface area contributed by atoms with Crippen LogP contribution in [0, 0.1) is 11.3 Å². The van der Waals surface area contributed by atoms with Crippen molar-refractivity contribution in [1.82, 2.24) is 0 Å². The van der Waals surface area contributed by atoms with E-state index in [0.29, 0.717) is 10.6 Å². The molecule has 0 saturated heterocycles. The van der Waals surface area contributed by atoms with Crippen LogP contribution >= 0.6 is 11.6 Å². The topological polar surface area (TPSA) is 33.0 Å². The average Bonchev–Trinajstić information content (AvgIpc) is 2.38. The summed E-state index contributed by atoms with van der Waals surface area (Å²) < 4.78 is 41.1. The molecule has 2 rings (SSSR count). The van der Waals surface area contributed by atoms with E-state index in [1.54, 1.807) is 6.07 Å². The Morgan fingerprint density at radius 1 is 1.05 bits per heavy atom. The van der Waals surface area contributed by atoms with Gasteiger partial charge in [-0.2, -0.15) is 5.26 Å². The summed E-state index contributed by atoms with van der Waals surface area (Å²) in [5.41, 5.74) is 0.686. The Balaban J connectivity index is 2.57. The van der Waals surface area contributed by atoms with Crippen molar-refractivity contribution in [2.75, 3.05) is 0 Å². The van der Waals surface area contributed by atoms with Gasteiger partial charge in [-0.1, -0.05) is 35.9 Å². The number of rotatable bonds is 2. The molecule has 0 saturated carbocycles. The number of nitriles is 1. The monoisotopic (exact) mass is 297 g/mol. The predicted molar refractivity (Wildman–Crippen MR) is 68.3 cm³/mol. The molecule has 0 amide bonds. The van der Waals surface area contributed by atoms with Gasteiger partial charge in [-0.05, 0) is 18.2 Å². The van der Waals surface area contributed by atoms with Gasteiger partial charge in [0, 0.05) is 16.1 Å². The molecule has 2 aromatic rings. The van der Waals surface area contributed by atoms with Gasteiger partial charge in [-0.25, -0.2) is 0 Å². The highest BCUT2D eigenvalue weighted by atomic mass is 35.5. The van der Waals surface area contributed by atoms with Gasteiger partial charge in [0.15, 0.2) is 0 Å². The quantitative estimate of drug-likeness (QED) is 0.799. The van der Waals surface area contributed by atoms with Gasteiger partial charge in [-0.3, -0.25) is 0 Å². The van der Waals surface area contributed by atoms with Crippen molar-refractivity contribution in [3.05, 3.63) is 53.1 Å². The fourth-order valence-corrected chi connectivity index (χ4v) is 1.92. The summed E-state index contributed by atoms with van der Waals surface area (Å²) in [4.78, 5) is 0. The Morgan fingerprint density at radius 2 is 1.75 bits per heavy atom. The molecule has 0 aliphatic rings. The van der Waals surface area contributed by atoms with Gasteiger partial charge >= 0.3 is 6.36 Å². The Labute approximate surface area is 118 Å². The van der Waals surface area contributed by atoms with Gasteiger partial charge in [0.25, 0.3) is 0 Å². The molecule has 102 valence electrons. The largest absolute Gasteiger partial charge is 0.573 e. The van der Waals surface area contributed by atoms with Crippen LogP contribution in [0.3, 0.4) is 0 Å². The maximum atomic E-state index is 12.4. The van der Waals surface area contributed by atoms with Crippen LogP contribution in [-0.2, 0) is 0 Å². The minimum absolute atomic E-state index is 0.177. The van der Waals surface area contributed by atoms with E-state index in [1.807, 2.05) is 6.07 Å². The van der Waals surface area contributed by atoms with E-state index < -0.39 is 6.36 Å². The van der Waals surface area contributed by atoms with E-state index in [1.165, 1.54) is 36.4 Å². The third kappa shape index (κ3) is 3.22. The predicted octanol–water partition coefficient (Wildman–Crippen LogP) is 4.78. The summed E-state index contributed by atoms with van der Waals surface area (Å²) in [6.07, 6.45) is -4.80. The molecule has 2 aromatic carbocycles. The maximum absolute atomic E-state index is 12.4. The van der Waals surface area contributed by atoms with Crippen molar-refractivity contribution in [3.63, 3.8) is 0 Å². The van der Waals surface area contributed by atoms with Crippen LogP contribution in [-0.4, -0.2) is 6.36 Å². The summed E-state index contributed by atoms with van der Waals surface area (Å²) in [6.45, 7) is 0. The lowest BCUT2D eigenvalue weighted by molar-refractivity contribution is -0.274. The molecule has 2 nitrogen and oxygen atoms in total. The SMILES string of the molecule is N#Cc1cc(Cl)ccc1-c1ccccc1OC(F)(F)F. The number of hydrogen-bond acceptors (Lipinski definition) is 2. The number of benzene rings is 2. The first-order valence-corrected chi connectivity index (χ1v) is 5.83. The third-order valence-electron chi connectivity index (χ3n) is 2.50. The summed E-state index contributed by atoms with van der Waals surface area (Å²) in [5, 5.41) is 9.39. The summed E-state index contributed by atoms with van der Waals surface area (Å²) in [7, 11) is 0. The van der Waals surface area contributed by atoms with E-state index in [-0.39, 0.29) is 16.9 Å². The van der Waals surface area contributed by atoms with Crippen LogP contribution in [0.5, 0.6) is 5.75 Å². The Hall–Kier alpha value is -2.19. The van der Waals surface area contributed by atoms with Gasteiger partial charge in [0.05, 0.1) is 11.6 Å². The summed E-state index contributed by atoms with van der Waals surface area (Å²) >= 11 is 5.77.